The van der Waals surface area contributed by atoms with Crippen molar-refractivity contribution in [3.63, 3.8) is 0 Å². The molecule has 1 saturated carbocycles. The third-order valence-corrected chi connectivity index (χ3v) is 5.83. The van der Waals surface area contributed by atoms with Crippen molar-refractivity contribution in [3.8, 4) is 5.75 Å². The van der Waals surface area contributed by atoms with Gasteiger partial charge in [-0.05, 0) is 30.4 Å². The minimum absolute atomic E-state index is 0.0488. The number of fused-ring (bicyclic) bond motifs is 2. The van der Waals surface area contributed by atoms with Crippen molar-refractivity contribution >= 4 is 28.2 Å². The van der Waals surface area contributed by atoms with Crippen molar-refractivity contribution < 1.29 is 9.53 Å². The highest BCUT2D eigenvalue weighted by Gasteiger charge is 2.35. The van der Waals surface area contributed by atoms with Crippen LogP contribution in [0.25, 0.3) is 16.6 Å². The molecular weight excluding hydrogens is 340 g/mol. The number of benzene rings is 1. The second-order valence-electron chi connectivity index (χ2n) is 7.63. The minimum Gasteiger partial charge on any atom is -0.493 e. The van der Waals surface area contributed by atoms with E-state index in [1.807, 2.05) is 36.3 Å². The van der Waals surface area contributed by atoms with E-state index in [4.69, 9.17) is 4.74 Å². The second-order valence-corrected chi connectivity index (χ2v) is 7.63. The van der Waals surface area contributed by atoms with E-state index >= 15 is 0 Å². The van der Waals surface area contributed by atoms with E-state index in [-0.39, 0.29) is 11.8 Å². The van der Waals surface area contributed by atoms with E-state index in [0.29, 0.717) is 11.6 Å². The number of amides is 1. The molecule has 3 heterocycles. The highest BCUT2D eigenvalue weighted by Crippen LogP contribution is 2.40. The molecule has 5 rings (SSSR count). The zero-order chi connectivity index (χ0) is 18.5. The number of aromatic nitrogens is 2. The predicted molar refractivity (Wildman–Crippen MR) is 104 cm³/mol. The number of allylic oxidation sites excluding steroid dienone is 2. The van der Waals surface area contributed by atoms with Crippen molar-refractivity contribution in [1.82, 2.24) is 14.5 Å². The van der Waals surface area contributed by atoms with Gasteiger partial charge in [0, 0.05) is 38.1 Å². The molecule has 0 spiro atoms. The Hall–Kier alpha value is -2.89. The van der Waals surface area contributed by atoms with Crippen LogP contribution in [0.15, 0.2) is 41.9 Å². The first-order chi connectivity index (χ1) is 13.1. The Morgan fingerprint density at radius 2 is 2.11 bits per heavy atom. The summed E-state index contributed by atoms with van der Waals surface area (Å²) in [5, 5.41) is 0. The lowest BCUT2D eigenvalue weighted by molar-refractivity contribution is -0.121. The average molecular weight is 362 g/mol. The SMILES string of the molecule is CN1C=C(c2cc3c(cc2OCC2CCC2)ncn3C)C2C=CN=C2C1=O. The number of hydrogen-bond donors (Lipinski definition) is 0. The predicted octanol–water partition coefficient (Wildman–Crippen LogP) is 3.15. The molecule has 0 N–H and O–H groups in total. The zero-order valence-electron chi connectivity index (χ0n) is 15.6. The van der Waals surface area contributed by atoms with Crippen LogP contribution >= 0.6 is 0 Å². The fourth-order valence-electron chi connectivity index (χ4n) is 3.95. The van der Waals surface area contributed by atoms with Crippen molar-refractivity contribution in [1.29, 1.82) is 0 Å². The molecule has 1 aromatic heterocycles. The molecule has 0 saturated heterocycles. The molecule has 1 aliphatic carbocycles. The highest BCUT2D eigenvalue weighted by molar-refractivity contribution is 6.44. The van der Waals surface area contributed by atoms with Crippen molar-refractivity contribution in [2.45, 2.75) is 19.3 Å². The summed E-state index contributed by atoms with van der Waals surface area (Å²) in [5.74, 6) is 1.31. The van der Waals surface area contributed by atoms with E-state index in [1.54, 1.807) is 18.1 Å². The van der Waals surface area contributed by atoms with Gasteiger partial charge in [-0.2, -0.15) is 0 Å². The quantitative estimate of drug-likeness (QED) is 0.839. The zero-order valence-corrected chi connectivity index (χ0v) is 15.6. The van der Waals surface area contributed by atoms with Crippen LogP contribution < -0.4 is 4.74 Å². The Labute approximate surface area is 157 Å². The van der Waals surface area contributed by atoms with Crippen LogP contribution in [0.1, 0.15) is 24.8 Å². The number of ether oxygens (including phenoxy) is 1. The van der Waals surface area contributed by atoms with Gasteiger partial charge in [-0.25, -0.2) is 4.98 Å². The maximum Gasteiger partial charge on any atom is 0.272 e. The smallest absolute Gasteiger partial charge is 0.272 e. The van der Waals surface area contributed by atoms with E-state index in [1.165, 1.54) is 19.3 Å². The molecule has 27 heavy (non-hydrogen) atoms. The first-order valence-corrected chi connectivity index (χ1v) is 9.43. The van der Waals surface area contributed by atoms with Gasteiger partial charge in [0.05, 0.1) is 29.9 Å². The van der Waals surface area contributed by atoms with Gasteiger partial charge in [-0.15, -0.1) is 0 Å². The normalized spacial score (nSPS) is 21.9. The lowest BCUT2D eigenvalue weighted by atomic mass is 9.85. The first kappa shape index (κ1) is 16.3. The van der Waals surface area contributed by atoms with E-state index in [0.717, 1.165) is 34.5 Å². The molecule has 2 aliphatic heterocycles. The Morgan fingerprint density at radius 3 is 2.89 bits per heavy atom. The van der Waals surface area contributed by atoms with Crippen LogP contribution in [0.4, 0.5) is 0 Å². The van der Waals surface area contributed by atoms with Crippen molar-refractivity contribution in [2.24, 2.45) is 23.9 Å². The second kappa shape index (κ2) is 6.08. The summed E-state index contributed by atoms with van der Waals surface area (Å²) in [7, 11) is 3.76. The van der Waals surface area contributed by atoms with Gasteiger partial charge in [0.15, 0.2) is 0 Å². The molecule has 1 aromatic carbocycles. The van der Waals surface area contributed by atoms with Crippen LogP contribution in [-0.2, 0) is 11.8 Å². The molecule has 3 aliphatic rings. The number of carbonyl (C=O) groups excluding carboxylic acids is 1. The van der Waals surface area contributed by atoms with Crippen LogP contribution in [0.3, 0.4) is 0 Å². The maximum absolute atomic E-state index is 12.4. The van der Waals surface area contributed by atoms with Gasteiger partial charge < -0.3 is 14.2 Å². The van der Waals surface area contributed by atoms with Crippen molar-refractivity contribution in [3.05, 3.63) is 42.5 Å². The van der Waals surface area contributed by atoms with E-state index in [2.05, 4.69) is 16.0 Å². The summed E-state index contributed by atoms with van der Waals surface area (Å²) < 4.78 is 8.27. The third kappa shape index (κ3) is 2.59. The lowest BCUT2D eigenvalue weighted by Gasteiger charge is -2.29. The fraction of sp³-hybridized carbons (Fsp3) is 0.381. The van der Waals surface area contributed by atoms with Crippen LogP contribution in [0, 0.1) is 11.8 Å². The summed E-state index contributed by atoms with van der Waals surface area (Å²) in [5.41, 5.74) is 4.58. The fourth-order valence-corrected chi connectivity index (χ4v) is 3.95. The molecule has 6 heteroatoms. The maximum atomic E-state index is 12.4. The Bertz CT molecular complexity index is 1030. The van der Waals surface area contributed by atoms with Gasteiger partial charge in [0.2, 0.25) is 0 Å². The number of nitrogens with zero attached hydrogens (tertiary/aromatic N) is 4. The van der Waals surface area contributed by atoms with Crippen LogP contribution in [0.5, 0.6) is 5.75 Å². The molecule has 1 atom stereocenters. The summed E-state index contributed by atoms with van der Waals surface area (Å²) in [4.78, 5) is 22.8. The number of aryl methyl sites for hydroxylation is 1. The molecule has 2 aromatic rings. The molecule has 1 fully saturated rings. The lowest BCUT2D eigenvalue weighted by Crippen LogP contribution is -2.37. The number of hydrogen-bond acceptors (Lipinski definition) is 4. The molecule has 0 bridgehead atoms. The van der Waals surface area contributed by atoms with Gasteiger partial charge in [0.1, 0.15) is 11.5 Å². The van der Waals surface area contributed by atoms with Crippen LogP contribution in [0.2, 0.25) is 0 Å². The molecule has 6 nitrogen and oxygen atoms in total. The van der Waals surface area contributed by atoms with Gasteiger partial charge in [-0.1, -0.05) is 12.5 Å². The Balaban J connectivity index is 1.62. The van der Waals surface area contributed by atoms with Gasteiger partial charge in [0.25, 0.3) is 5.91 Å². The topological polar surface area (TPSA) is 59.7 Å². The van der Waals surface area contributed by atoms with E-state index in [9.17, 15) is 4.79 Å². The Morgan fingerprint density at radius 1 is 1.26 bits per heavy atom. The Kier molecular flexibility index (Phi) is 3.67. The molecule has 0 radical (unpaired) electrons. The number of rotatable bonds is 4. The van der Waals surface area contributed by atoms with Gasteiger partial charge in [-0.3, -0.25) is 9.79 Å². The van der Waals surface area contributed by atoms with E-state index < -0.39 is 0 Å². The summed E-state index contributed by atoms with van der Waals surface area (Å²) in [6.45, 7) is 0.731. The number of aliphatic imine (C=N–C) groups is 1. The summed E-state index contributed by atoms with van der Waals surface area (Å²) in [6, 6.07) is 4.15. The largest absolute Gasteiger partial charge is 0.493 e. The first-order valence-electron chi connectivity index (χ1n) is 9.43. The summed E-state index contributed by atoms with van der Waals surface area (Å²) >= 11 is 0. The molecule has 1 amide bonds. The minimum atomic E-state index is -0.120. The summed E-state index contributed by atoms with van der Waals surface area (Å²) in [6.07, 6.45) is 11.2. The van der Waals surface area contributed by atoms with Crippen molar-refractivity contribution in [2.75, 3.05) is 13.7 Å². The standard InChI is InChI=1S/C21H22N4O2/c1-24-10-16(14-6-7-22-20(14)21(24)26)15-8-18-17(23-12-25(18)2)9-19(15)27-11-13-4-3-5-13/h6-10,12-14H,3-5,11H2,1-2H3. The number of imidazole rings is 1. The van der Waals surface area contributed by atoms with Crippen LogP contribution in [-0.4, -0.2) is 39.7 Å². The molecule has 138 valence electrons. The third-order valence-electron chi connectivity index (χ3n) is 5.83. The average Bonchev–Trinajstić information content (AvgIpc) is 3.24. The highest BCUT2D eigenvalue weighted by atomic mass is 16.5. The monoisotopic (exact) mass is 362 g/mol. The van der Waals surface area contributed by atoms with Gasteiger partial charge >= 0.3 is 0 Å². The number of carbonyl (C=O) groups is 1. The molecule has 1 unspecified atom stereocenters. The molecular formula is C21H22N4O2.